The summed E-state index contributed by atoms with van der Waals surface area (Å²) in [4.78, 5) is 22.3. The van der Waals surface area contributed by atoms with E-state index in [-0.39, 0.29) is 17.1 Å². The van der Waals surface area contributed by atoms with Crippen molar-refractivity contribution in [2.45, 2.75) is 0 Å². The van der Waals surface area contributed by atoms with Gasteiger partial charge in [0, 0.05) is 12.1 Å². The van der Waals surface area contributed by atoms with E-state index in [1.54, 1.807) is 0 Å². The number of hydrogen-bond donors (Lipinski definition) is 4. The molecule has 1 aromatic carbocycles. The second-order valence-electron chi connectivity index (χ2n) is 3.59. The number of benzene rings is 1. The number of phenolic OH excluding ortho intramolecular Hbond substituents is 1. The Labute approximate surface area is 105 Å². The molecule has 8 heteroatoms. The largest absolute Gasteiger partial charge is 0.507 e. The number of hydrogen-bond acceptors (Lipinski definition) is 4. The van der Waals surface area contributed by atoms with Crippen molar-refractivity contribution in [1.29, 1.82) is 0 Å². The Morgan fingerprint density at radius 2 is 2.05 bits per heavy atom. The Kier molecular flexibility index (Phi) is 3.15. The fourth-order valence-electron chi connectivity index (χ4n) is 1.38. The molecule has 1 amide bonds. The van der Waals surface area contributed by atoms with Gasteiger partial charge in [-0.2, -0.15) is 5.10 Å². The lowest BCUT2D eigenvalue weighted by Crippen LogP contribution is -2.12. The van der Waals surface area contributed by atoms with Gasteiger partial charge in [-0.1, -0.05) is 0 Å². The van der Waals surface area contributed by atoms with E-state index in [4.69, 9.17) is 5.11 Å². The molecule has 2 rings (SSSR count). The molecule has 7 nitrogen and oxygen atoms in total. The molecule has 4 N–H and O–H groups in total. The van der Waals surface area contributed by atoms with Crippen molar-refractivity contribution in [3.8, 4) is 5.75 Å². The Morgan fingerprint density at radius 1 is 1.32 bits per heavy atom. The van der Waals surface area contributed by atoms with Crippen LogP contribution in [-0.4, -0.2) is 32.3 Å². The number of aromatic nitrogens is 2. The first-order chi connectivity index (χ1) is 8.97. The first-order valence-electron chi connectivity index (χ1n) is 5.06. The predicted molar refractivity (Wildman–Crippen MR) is 61.6 cm³/mol. The molecule has 1 aromatic heterocycles. The number of nitrogens with one attached hydrogen (secondary N) is 2. The minimum atomic E-state index is -1.22. The quantitative estimate of drug-likeness (QED) is 0.665. The van der Waals surface area contributed by atoms with Crippen LogP contribution in [0, 0.1) is 5.82 Å². The monoisotopic (exact) mass is 265 g/mol. The SMILES string of the molecule is O=C(O)c1cc(NC(=O)c2ccc(F)cc2O)n[nH]1. The summed E-state index contributed by atoms with van der Waals surface area (Å²) >= 11 is 0. The molecule has 1 heterocycles. The van der Waals surface area contributed by atoms with Crippen molar-refractivity contribution >= 4 is 17.7 Å². The maximum absolute atomic E-state index is 12.8. The predicted octanol–water partition coefficient (Wildman–Crippen LogP) is 1.20. The molecule has 98 valence electrons. The van der Waals surface area contributed by atoms with Crippen LogP contribution in [0.25, 0.3) is 0 Å². The fraction of sp³-hybridized carbons (Fsp3) is 0. The molecular formula is C11H8FN3O4. The highest BCUT2D eigenvalue weighted by molar-refractivity contribution is 6.06. The van der Waals surface area contributed by atoms with Gasteiger partial charge < -0.3 is 15.5 Å². The minimum Gasteiger partial charge on any atom is -0.507 e. The molecule has 0 radical (unpaired) electrons. The molecule has 0 atom stereocenters. The van der Waals surface area contributed by atoms with Crippen LogP contribution in [0.3, 0.4) is 0 Å². The molecule has 0 saturated heterocycles. The number of amides is 1. The molecular weight excluding hydrogens is 257 g/mol. The average Bonchev–Trinajstić information content (AvgIpc) is 2.77. The van der Waals surface area contributed by atoms with E-state index in [0.29, 0.717) is 0 Å². The molecule has 19 heavy (non-hydrogen) atoms. The van der Waals surface area contributed by atoms with Gasteiger partial charge in [0.05, 0.1) is 5.56 Å². The fourth-order valence-corrected chi connectivity index (χ4v) is 1.38. The highest BCUT2D eigenvalue weighted by Crippen LogP contribution is 2.19. The number of aromatic carboxylic acids is 1. The van der Waals surface area contributed by atoms with Gasteiger partial charge in [-0.05, 0) is 12.1 Å². The number of nitrogens with zero attached hydrogens (tertiary/aromatic N) is 1. The number of phenols is 1. The lowest BCUT2D eigenvalue weighted by Gasteiger charge is -2.03. The smallest absolute Gasteiger partial charge is 0.353 e. The van der Waals surface area contributed by atoms with Crippen LogP contribution < -0.4 is 5.32 Å². The zero-order chi connectivity index (χ0) is 14.0. The normalized spacial score (nSPS) is 10.2. The van der Waals surface area contributed by atoms with Gasteiger partial charge in [0.2, 0.25) is 0 Å². The summed E-state index contributed by atoms with van der Waals surface area (Å²) in [7, 11) is 0. The maximum Gasteiger partial charge on any atom is 0.353 e. The van der Waals surface area contributed by atoms with Crippen molar-refractivity contribution in [2.75, 3.05) is 5.32 Å². The third-order valence-electron chi connectivity index (χ3n) is 2.25. The molecule has 0 fully saturated rings. The number of aromatic amines is 1. The molecule has 2 aromatic rings. The van der Waals surface area contributed by atoms with Gasteiger partial charge >= 0.3 is 5.97 Å². The first-order valence-corrected chi connectivity index (χ1v) is 5.06. The number of carboxylic acid groups (broad SMARTS) is 1. The molecule has 0 unspecified atom stereocenters. The lowest BCUT2D eigenvalue weighted by atomic mass is 10.2. The second-order valence-corrected chi connectivity index (χ2v) is 3.59. The van der Waals surface area contributed by atoms with E-state index < -0.39 is 23.4 Å². The summed E-state index contributed by atoms with van der Waals surface area (Å²) < 4.78 is 12.8. The average molecular weight is 265 g/mol. The van der Waals surface area contributed by atoms with E-state index in [0.717, 1.165) is 24.3 Å². The third-order valence-corrected chi connectivity index (χ3v) is 2.25. The number of halogens is 1. The van der Waals surface area contributed by atoms with Crippen LogP contribution >= 0.6 is 0 Å². The molecule has 0 aliphatic rings. The number of H-pyrrole nitrogens is 1. The van der Waals surface area contributed by atoms with Gasteiger partial charge in [-0.25, -0.2) is 9.18 Å². The van der Waals surface area contributed by atoms with Crippen LogP contribution in [0.4, 0.5) is 10.2 Å². The standard InChI is InChI=1S/C11H8FN3O4/c12-5-1-2-6(8(16)3-5)10(17)13-9-4-7(11(18)19)14-15-9/h1-4,16H,(H,18,19)(H2,13,14,15,17). The van der Waals surface area contributed by atoms with Crippen LogP contribution in [-0.2, 0) is 0 Å². The second kappa shape index (κ2) is 4.77. The van der Waals surface area contributed by atoms with Crippen LogP contribution in [0.1, 0.15) is 20.8 Å². The first kappa shape index (κ1) is 12.6. The minimum absolute atomic E-state index is 0.0221. The van der Waals surface area contributed by atoms with Gasteiger partial charge in [0.1, 0.15) is 17.3 Å². The summed E-state index contributed by atoms with van der Waals surface area (Å²) in [6.45, 7) is 0. The Hall–Kier alpha value is -2.90. The van der Waals surface area contributed by atoms with Crippen molar-refractivity contribution in [3.05, 3.63) is 41.3 Å². The molecule has 0 aliphatic carbocycles. The van der Waals surface area contributed by atoms with E-state index in [9.17, 15) is 19.1 Å². The van der Waals surface area contributed by atoms with Crippen molar-refractivity contribution < 1.29 is 24.2 Å². The number of anilines is 1. The maximum atomic E-state index is 12.8. The number of aromatic hydroxyl groups is 1. The van der Waals surface area contributed by atoms with Gasteiger partial charge in [-0.15, -0.1) is 0 Å². The van der Waals surface area contributed by atoms with E-state index in [1.807, 2.05) is 0 Å². The summed E-state index contributed by atoms with van der Waals surface area (Å²) in [5, 5.41) is 26.1. The van der Waals surface area contributed by atoms with Gasteiger partial charge in [0.15, 0.2) is 5.82 Å². The Bertz CT molecular complexity index is 653. The van der Waals surface area contributed by atoms with E-state index in [2.05, 4.69) is 15.5 Å². The Morgan fingerprint density at radius 3 is 2.63 bits per heavy atom. The van der Waals surface area contributed by atoms with Gasteiger partial charge in [-0.3, -0.25) is 9.89 Å². The highest BCUT2D eigenvalue weighted by Gasteiger charge is 2.14. The zero-order valence-electron chi connectivity index (χ0n) is 9.35. The summed E-state index contributed by atoms with van der Waals surface area (Å²) in [5.74, 6) is -3.18. The summed E-state index contributed by atoms with van der Waals surface area (Å²) in [6.07, 6.45) is 0. The van der Waals surface area contributed by atoms with Crippen LogP contribution in [0.5, 0.6) is 5.75 Å². The number of carboxylic acids is 1. The summed E-state index contributed by atoms with van der Waals surface area (Å²) in [5.41, 5.74) is -0.347. The number of carbonyl (C=O) groups excluding carboxylic acids is 1. The van der Waals surface area contributed by atoms with Crippen LogP contribution in [0.2, 0.25) is 0 Å². The molecule has 0 aliphatic heterocycles. The Balaban J connectivity index is 2.18. The summed E-state index contributed by atoms with van der Waals surface area (Å²) in [6, 6.07) is 4.02. The van der Waals surface area contributed by atoms with Crippen LogP contribution in [0.15, 0.2) is 24.3 Å². The molecule has 0 bridgehead atoms. The lowest BCUT2D eigenvalue weighted by molar-refractivity contribution is 0.0690. The number of carbonyl (C=O) groups is 2. The van der Waals surface area contributed by atoms with Crippen molar-refractivity contribution in [1.82, 2.24) is 10.2 Å². The molecule has 0 saturated carbocycles. The topological polar surface area (TPSA) is 115 Å². The van der Waals surface area contributed by atoms with Gasteiger partial charge in [0.25, 0.3) is 5.91 Å². The zero-order valence-corrected chi connectivity index (χ0v) is 9.35. The van der Waals surface area contributed by atoms with Crippen molar-refractivity contribution in [2.24, 2.45) is 0 Å². The van der Waals surface area contributed by atoms with E-state index in [1.165, 1.54) is 0 Å². The van der Waals surface area contributed by atoms with E-state index >= 15 is 0 Å². The third kappa shape index (κ3) is 2.68. The van der Waals surface area contributed by atoms with Crippen molar-refractivity contribution in [3.63, 3.8) is 0 Å². The molecule has 0 spiro atoms. The highest BCUT2D eigenvalue weighted by atomic mass is 19.1. The number of rotatable bonds is 3.